The van der Waals surface area contributed by atoms with E-state index in [0.29, 0.717) is 0 Å². The summed E-state index contributed by atoms with van der Waals surface area (Å²) in [6.07, 6.45) is 1.65. The lowest BCUT2D eigenvalue weighted by molar-refractivity contribution is -0.121. The van der Waals surface area contributed by atoms with E-state index in [-0.39, 0.29) is 5.78 Å². The molecule has 0 amide bonds. The minimum Gasteiger partial charge on any atom is -0.299 e. The molecule has 15 heavy (non-hydrogen) atoms. The minimum absolute atomic E-state index is 0.141. The number of Topliss-reactive ketones (excluding diaryl/α,β-unsaturated/α-hetero) is 1. The van der Waals surface area contributed by atoms with Crippen LogP contribution in [0.3, 0.4) is 0 Å². The molecule has 3 nitrogen and oxygen atoms in total. The molecule has 0 aliphatic rings. The number of rotatable bonds is 2. The quantitative estimate of drug-likeness (QED) is 0.817. The predicted octanol–water partition coefficient (Wildman–Crippen LogP) is 3.33. The van der Waals surface area contributed by atoms with E-state index in [9.17, 15) is 4.79 Å². The van der Waals surface area contributed by atoms with E-state index < -0.39 is 5.41 Å². The van der Waals surface area contributed by atoms with E-state index in [2.05, 4.69) is 10.2 Å². The molecule has 0 unspecified atom stereocenters. The molecule has 0 radical (unpaired) electrons. The first-order chi connectivity index (χ1) is 7.05. The lowest BCUT2D eigenvalue weighted by Crippen LogP contribution is -2.26. The maximum absolute atomic E-state index is 11.1. The number of ketones is 1. The van der Waals surface area contributed by atoms with Gasteiger partial charge >= 0.3 is 0 Å². The molecule has 0 aliphatic heterocycles. The summed E-state index contributed by atoms with van der Waals surface area (Å²) in [7, 11) is 0. The van der Waals surface area contributed by atoms with Crippen LogP contribution in [0.25, 0.3) is 0 Å². The molecule has 0 saturated heterocycles. The summed E-state index contributed by atoms with van der Waals surface area (Å²) in [5, 5.41) is 6.58. The van der Waals surface area contributed by atoms with Crippen LogP contribution in [0.4, 0.5) is 0 Å². The highest BCUT2D eigenvalue weighted by Crippen LogP contribution is 2.20. The highest BCUT2D eigenvalue weighted by Gasteiger charge is 2.26. The Labute approximate surface area is 93.3 Å². The first kappa shape index (κ1) is 16.3. The van der Waals surface area contributed by atoms with Gasteiger partial charge in [-0.1, -0.05) is 27.7 Å². The van der Waals surface area contributed by atoms with Gasteiger partial charge in [-0.25, -0.2) is 0 Å². The summed E-state index contributed by atoms with van der Waals surface area (Å²) in [5.41, 5.74) is 0.432. The van der Waals surface area contributed by atoms with Gasteiger partial charge in [0.1, 0.15) is 5.78 Å². The Kier molecular flexibility index (Phi) is 8.93. The zero-order chi connectivity index (χ0) is 12.5. The lowest BCUT2D eigenvalue weighted by Gasteiger charge is -2.18. The molecule has 0 spiro atoms. The average Bonchev–Trinajstić information content (AvgIpc) is 2.77. The van der Waals surface area contributed by atoms with Gasteiger partial charge in [0.15, 0.2) is 0 Å². The van der Waals surface area contributed by atoms with E-state index in [1.807, 2.05) is 47.6 Å². The Morgan fingerprint density at radius 2 is 1.73 bits per heavy atom. The first-order valence-electron chi connectivity index (χ1n) is 5.56. The number of aromatic nitrogens is 2. The van der Waals surface area contributed by atoms with Crippen LogP contribution in [0.1, 0.15) is 54.2 Å². The number of nitrogens with one attached hydrogen (secondary N) is 1. The second kappa shape index (κ2) is 8.21. The largest absolute Gasteiger partial charge is 0.299 e. The fourth-order valence-electron chi connectivity index (χ4n) is 0.794. The number of aromatic amines is 1. The maximum Gasteiger partial charge on any atom is 0.141 e. The Balaban J connectivity index is 0. The highest BCUT2D eigenvalue weighted by molar-refractivity contribution is 5.86. The molecule has 0 saturated carbocycles. The molecule has 1 heterocycles. The second-order valence-corrected chi connectivity index (χ2v) is 3.15. The standard InChI is InChI=1S/C8H12N2O.2C2H6/c1-6(11)8(2,3)7-4-5-9-10-7;2*1-2/h4-5H,1-3H3,(H,9,10);2*1-2H3. The van der Waals surface area contributed by atoms with Gasteiger partial charge in [-0.2, -0.15) is 5.10 Å². The second-order valence-electron chi connectivity index (χ2n) is 3.15. The molecule has 3 heteroatoms. The van der Waals surface area contributed by atoms with Crippen molar-refractivity contribution in [3.8, 4) is 0 Å². The lowest BCUT2D eigenvalue weighted by atomic mass is 9.85. The maximum atomic E-state index is 11.1. The Hall–Kier alpha value is -1.12. The smallest absolute Gasteiger partial charge is 0.141 e. The van der Waals surface area contributed by atoms with Crippen molar-refractivity contribution in [1.29, 1.82) is 0 Å². The van der Waals surface area contributed by atoms with Crippen LogP contribution < -0.4 is 0 Å². The molecule has 1 aromatic rings. The van der Waals surface area contributed by atoms with Gasteiger partial charge in [0.05, 0.1) is 5.41 Å². The third kappa shape index (κ3) is 4.77. The number of hydrogen-bond acceptors (Lipinski definition) is 2. The van der Waals surface area contributed by atoms with E-state index in [1.165, 1.54) is 0 Å². The normalized spacial score (nSPS) is 9.27. The summed E-state index contributed by atoms with van der Waals surface area (Å²) in [6.45, 7) is 13.3. The van der Waals surface area contributed by atoms with Crippen LogP contribution >= 0.6 is 0 Å². The fourth-order valence-corrected chi connectivity index (χ4v) is 0.794. The van der Waals surface area contributed by atoms with Crippen molar-refractivity contribution in [3.63, 3.8) is 0 Å². The third-order valence-corrected chi connectivity index (χ3v) is 2.05. The van der Waals surface area contributed by atoms with Crippen molar-refractivity contribution in [2.45, 2.75) is 53.9 Å². The molecule has 0 bridgehead atoms. The van der Waals surface area contributed by atoms with E-state index in [0.717, 1.165) is 5.69 Å². The Morgan fingerprint density at radius 3 is 2.00 bits per heavy atom. The SMILES string of the molecule is CC.CC.CC(=O)C(C)(C)c1ccn[nH]1. The fraction of sp³-hybridized carbons (Fsp3) is 0.667. The first-order valence-corrected chi connectivity index (χ1v) is 5.56. The summed E-state index contributed by atoms with van der Waals surface area (Å²) >= 11 is 0. The average molecular weight is 212 g/mol. The van der Waals surface area contributed by atoms with Crippen LogP contribution in [-0.2, 0) is 10.2 Å². The molecular weight excluding hydrogens is 188 g/mol. The van der Waals surface area contributed by atoms with Crippen molar-refractivity contribution in [2.75, 3.05) is 0 Å². The summed E-state index contributed by atoms with van der Waals surface area (Å²) in [4.78, 5) is 11.1. The number of carbonyl (C=O) groups excluding carboxylic acids is 1. The molecule has 1 aromatic heterocycles. The van der Waals surface area contributed by atoms with Gasteiger partial charge in [0, 0.05) is 11.9 Å². The van der Waals surface area contributed by atoms with Crippen molar-refractivity contribution in [1.82, 2.24) is 10.2 Å². The Morgan fingerprint density at radius 1 is 1.27 bits per heavy atom. The zero-order valence-electron chi connectivity index (χ0n) is 11.0. The molecular formula is C12H24N2O. The molecule has 0 atom stereocenters. The number of hydrogen-bond donors (Lipinski definition) is 1. The zero-order valence-corrected chi connectivity index (χ0v) is 11.0. The van der Waals surface area contributed by atoms with E-state index >= 15 is 0 Å². The monoisotopic (exact) mass is 212 g/mol. The minimum atomic E-state index is -0.434. The van der Waals surface area contributed by atoms with Crippen LogP contribution in [-0.4, -0.2) is 16.0 Å². The van der Waals surface area contributed by atoms with Crippen LogP contribution in [0.15, 0.2) is 12.3 Å². The molecule has 0 fully saturated rings. The van der Waals surface area contributed by atoms with Crippen molar-refractivity contribution in [2.24, 2.45) is 0 Å². The van der Waals surface area contributed by atoms with Crippen LogP contribution in [0, 0.1) is 0 Å². The summed E-state index contributed by atoms with van der Waals surface area (Å²) in [5.74, 6) is 0.141. The van der Waals surface area contributed by atoms with Crippen molar-refractivity contribution in [3.05, 3.63) is 18.0 Å². The van der Waals surface area contributed by atoms with Crippen LogP contribution in [0.5, 0.6) is 0 Å². The number of nitrogens with zero attached hydrogens (tertiary/aromatic N) is 1. The van der Waals surface area contributed by atoms with Crippen molar-refractivity contribution < 1.29 is 4.79 Å². The van der Waals surface area contributed by atoms with Gasteiger partial charge in [0.2, 0.25) is 0 Å². The highest BCUT2D eigenvalue weighted by atomic mass is 16.1. The molecule has 0 aliphatic carbocycles. The van der Waals surface area contributed by atoms with Gasteiger partial charge in [0.25, 0.3) is 0 Å². The van der Waals surface area contributed by atoms with Gasteiger partial charge in [-0.05, 0) is 26.8 Å². The summed E-state index contributed by atoms with van der Waals surface area (Å²) in [6, 6.07) is 1.82. The molecule has 0 aromatic carbocycles. The van der Waals surface area contributed by atoms with Crippen molar-refractivity contribution >= 4 is 5.78 Å². The number of carbonyl (C=O) groups is 1. The third-order valence-electron chi connectivity index (χ3n) is 2.05. The van der Waals surface area contributed by atoms with E-state index in [1.54, 1.807) is 13.1 Å². The van der Waals surface area contributed by atoms with Crippen LogP contribution in [0.2, 0.25) is 0 Å². The molecule has 1 rings (SSSR count). The predicted molar refractivity (Wildman–Crippen MR) is 65.0 cm³/mol. The van der Waals surface area contributed by atoms with Gasteiger partial charge < -0.3 is 0 Å². The topological polar surface area (TPSA) is 45.8 Å². The molecule has 88 valence electrons. The van der Waals surface area contributed by atoms with E-state index in [4.69, 9.17) is 0 Å². The molecule has 1 N–H and O–H groups in total. The Bertz CT molecular complexity index is 251. The summed E-state index contributed by atoms with van der Waals surface area (Å²) < 4.78 is 0. The van der Waals surface area contributed by atoms with Gasteiger partial charge in [-0.3, -0.25) is 9.89 Å². The van der Waals surface area contributed by atoms with Gasteiger partial charge in [-0.15, -0.1) is 0 Å². The number of H-pyrrole nitrogens is 1.